The van der Waals surface area contributed by atoms with Crippen molar-refractivity contribution in [3.8, 4) is 5.75 Å². The Hall–Kier alpha value is -3.12. The van der Waals surface area contributed by atoms with Gasteiger partial charge in [-0.25, -0.2) is 0 Å². The molecular weight excluding hydrogens is 468 g/mol. The molecule has 0 amide bonds. The SMILES string of the molecule is CCOC(=O)C(C)(C)Sc1ccc(NCc2cccc3c2CCCN3CCOc2ccccc2)cc1. The summed E-state index contributed by atoms with van der Waals surface area (Å²) in [5.41, 5.74) is 5.15. The van der Waals surface area contributed by atoms with Crippen LogP contribution in [0.15, 0.2) is 77.7 Å². The summed E-state index contributed by atoms with van der Waals surface area (Å²) in [5.74, 6) is 0.730. The maximum atomic E-state index is 12.2. The van der Waals surface area contributed by atoms with Gasteiger partial charge in [-0.15, -0.1) is 11.8 Å². The van der Waals surface area contributed by atoms with Gasteiger partial charge in [0.05, 0.1) is 13.2 Å². The number of nitrogens with zero attached hydrogens (tertiary/aromatic N) is 1. The third-order valence-corrected chi connectivity index (χ3v) is 7.48. The molecule has 5 nitrogen and oxygen atoms in total. The number of benzene rings is 3. The van der Waals surface area contributed by atoms with E-state index < -0.39 is 4.75 Å². The van der Waals surface area contributed by atoms with Gasteiger partial charge >= 0.3 is 5.97 Å². The number of hydrogen-bond donors (Lipinski definition) is 1. The molecule has 36 heavy (non-hydrogen) atoms. The summed E-state index contributed by atoms with van der Waals surface area (Å²) >= 11 is 1.52. The van der Waals surface area contributed by atoms with Gasteiger partial charge < -0.3 is 19.7 Å². The highest BCUT2D eigenvalue weighted by molar-refractivity contribution is 8.01. The van der Waals surface area contributed by atoms with Crippen molar-refractivity contribution in [2.24, 2.45) is 0 Å². The molecule has 3 aromatic rings. The third kappa shape index (κ3) is 6.76. The number of para-hydroxylation sites is 1. The van der Waals surface area contributed by atoms with Crippen molar-refractivity contribution in [3.05, 3.63) is 83.9 Å². The molecule has 0 bridgehead atoms. The zero-order valence-corrected chi connectivity index (χ0v) is 22.3. The second kappa shape index (κ2) is 12.2. The largest absolute Gasteiger partial charge is 0.492 e. The Morgan fingerprint density at radius 1 is 1.03 bits per heavy atom. The van der Waals surface area contributed by atoms with Crippen molar-refractivity contribution in [1.82, 2.24) is 0 Å². The summed E-state index contributed by atoms with van der Waals surface area (Å²) in [6.07, 6.45) is 2.25. The highest BCUT2D eigenvalue weighted by Gasteiger charge is 2.30. The van der Waals surface area contributed by atoms with E-state index in [1.54, 1.807) is 0 Å². The molecule has 0 radical (unpaired) electrons. The molecule has 3 aromatic carbocycles. The molecule has 0 fully saturated rings. The number of fused-ring (bicyclic) bond motifs is 1. The predicted octanol–water partition coefficient (Wildman–Crippen LogP) is 6.56. The predicted molar refractivity (Wildman–Crippen MR) is 149 cm³/mol. The van der Waals surface area contributed by atoms with Crippen LogP contribution in [0.1, 0.15) is 38.3 Å². The number of nitrogens with one attached hydrogen (secondary N) is 1. The van der Waals surface area contributed by atoms with E-state index in [1.807, 2.05) is 51.1 Å². The summed E-state index contributed by atoms with van der Waals surface area (Å²) in [6, 6.07) is 24.9. The maximum absolute atomic E-state index is 12.2. The molecule has 4 rings (SSSR count). The topological polar surface area (TPSA) is 50.8 Å². The lowest BCUT2D eigenvalue weighted by molar-refractivity contribution is -0.145. The van der Waals surface area contributed by atoms with Gasteiger partial charge in [-0.2, -0.15) is 0 Å². The molecule has 0 aliphatic carbocycles. The lowest BCUT2D eigenvalue weighted by atomic mass is 9.96. The molecule has 0 saturated heterocycles. The second-order valence-electron chi connectivity index (χ2n) is 9.38. The highest BCUT2D eigenvalue weighted by atomic mass is 32.2. The van der Waals surface area contributed by atoms with E-state index in [9.17, 15) is 4.79 Å². The average molecular weight is 505 g/mol. The molecule has 1 heterocycles. The first-order valence-electron chi connectivity index (χ1n) is 12.7. The molecule has 0 saturated carbocycles. The number of rotatable bonds is 11. The minimum Gasteiger partial charge on any atom is -0.492 e. The van der Waals surface area contributed by atoms with Gasteiger partial charge in [0.2, 0.25) is 0 Å². The van der Waals surface area contributed by atoms with E-state index in [-0.39, 0.29) is 5.97 Å². The lowest BCUT2D eigenvalue weighted by Crippen LogP contribution is -2.33. The van der Waals surface area contributed by atoms with Gasteiger partial charge in [-0.05, 0) is 87.2 Å². The van der Waals surface area contributed by atoms with Gasteiger partial charge in [0.1, 0.15) is 17.1 Å². The van der Waals surface area contributed by atoms with Crippen LogP contribution in [-0.2, 0) is 22.5 Å². The molecule has 0 spiro atoms. The monoisotopic (exact) mass is 504 g/mol. The Morgan fingerprint density at radius 3 is 2.56 bits per heavy atom. The van der Waals surface area contributed by atoms with Crippen LogP contribution in [0.2, 0.25) is 0 Å². The van der Waals surface area contributed by atoms with Crippen LogP contribution >= 0.6 is 11.8 Å². The summed E-state index contributed by atoms with van der Waals surface area (Å²) in [7, 11) is 0. The lowest BCUT2D eigenvalue weighted by Gasteiger charge is -2.32. The quantitative estimate of drug-likeness (QED) is 0.236. The fraction of sp³-hybridized carbons (Fsp3) is 0.367. The Bertz CT molecular complexity index is 1130. The third-order valence-electron chi connectivity index (χ3n) is 6.29. The summed E-state index contributed by atoms with van der Waals surface area (Å²) in [4.78, 5) is 15.7. The number of hydrogen-bond acceptors (Lipinski definition) is 6. The minimum absolute atomic E-state index is 0.188. The number of esters is 1. The zero-order valence-electron chi connectivity index (χ0n) is 21.5. The molecule has 1 N–H and O–H groups in total. The Balaban J connectivity index is 1.34. The highest BCUT2D eigenvalue weighted by Crippen LogP contribution is 2.34. The maximum Gasteiger partial charge on any atom is 0.321 e. The number of thioether (sulfide) groups is 1. The fourth-order valence-electron chi connectivity index (χ4n) is 4.44. The Morgan fingerprint density at radius 2 is 1.81 bits per heavy atom. The van der Waals surface area contributed by atoms with Gasteiger partial charge in [0.15, 0.2) is 0 Å². The van der Waals surface area contributed by atoms with Crippen molar-refractivity contribution >= 4 is 29.1 Å². The smallest absolute Gasteiger partial charge is 0.321 e. The zero-order chi connectivity index (χ0) is 25.4. The first kappa shape index (κ1) is 26.0. The fourth-order valence-corrected chi connectivity index (χ4v) is 5.44. The normalized spacial score (nSPS) is 13.1. The standard InChI is InChI=1S/C30H36N2O3S/c1-4-34-29(33)30(2,3)36-26-17-15-24(16-18-26)31-22-23-10-8-14-28-27(23)13-9-19-32(28)20-21-35-25-11-6-5-7-12-25/h5-8,10-12,14-18,31H,4,9,13,19-22H2,1-3H3. The van der Waals surface area contributed by atoms with E-state index in [0.29, 0.717) is 13.2 Å². The molecule has 190 valence electrons. The number of carbonyl (C=O) groups is 1. The van der Waals surface area contributed by atoms with Gasteiger partial charge in [0.25, 0.3) is 0 Å². The summed E-state index contributed by atoms with van der Waals surface area (Å²) < 4.78 is 10.5. The van der Waals surface area contributed by atoms with Crippen molar-refractivity contribution in [1.29, 1.82) is 0 Å². The molecule has 0 atom stereocenters. The molecule has 0 aromatic heterocycles. The van der Waals surface area contributed by atoms with E-state index in [2.05, 4.69) is 52.7 Å². The van der Waals surface area contributed by atoms with Crippen molar-refractivity contribution in [2.45, 2.75) is 49.8 Å². The minimum atomic E-state index is -0.619. The first-order valence-corrected chi connectivity index (χ1v) is 13.5. The molecule has 1 aliphatic rings. The average Bonchev–Trinajstić information content (AvgIpc) is 2.89. The van der Waals surface area contributed by atoms with E-state index in [4.69, 9.17) is 9.47 Å². The molecule has 1 aliphatic heterocycles. The Labute approximate surface area is 219 Å². The van der Waals surface area contributed by atoms with E-state index in [0.717, 1.165) is 48.8 Å². The molecular formula is C30H36N2O3S. The van der Waals surface area contributed by atoms with Crippen LogP contribution in [0.4, 0.5) is 11.4 Å². The number of anilines is 2. The Kier molecular flexibility index (Phi) is 8.81. The van der Waals surface area contributed by atoms with E-state index >= 15 is 0 Å². The van der Waals surface area contributed by atoms with Crippen LogP contribution in [0.5, 0.6) is 5.75 Å². The number of ether oxygens (including phenoxy) is 2. The van der Waals surface area contributed by atoms with Gasteiger partial charge in [0, 0.05) is 29.4 Å². The van der Waals surface area contributed by atoms with Gasteiger partial charge in [-0.1, -0.05) is 30.3 Å². The summed E-state index contributed by atoms with van der Waals surface area (Å²) in [6.45, 7) is 9.41. The van der Waals surface area contributed by atoms with Crippen LogP contribution in [0.3, 0.4) is 0 Å². The van der Waals surface area contributed by atoms with Crippen LogP contribution in [0.25, 0.3) is 0 Å². The van der Waals surface area contributed by atoms with Crippen LogP contribution in [-0.4, -0.2) is 37.0 Å². The van der Waals surface area contributed by atoms with Gasteiger partial charge in [-0.3, -0.25) is 4.79 Å². The van der Waals surface area contributed by atoms with Crippen LogP contribution in [0, 0.1) is 0 Å². The van der Waals surface area contributed by atoms with Crippen molar-refractivity contribution < 1.29 is 14.3 Å². The van der Waals surface area contributed by atoms with Crippen molar-refractivity contribution in [3.63, 3.8) is 0 Å². The van der Waals surface area contributed by atoms with E-state index in [1.165, 1.54) is 28.6 Å². The van der Waals surface area contributed by atoms with Crippen molar-refractivity contribution in [2.75, 3.05) is 36.5 Å². The summed E-state index contributed by atoms with van der Waals surface area (Å²) in [5, 5.41) is 3.58. The second-order valence-corrected chi connectivity index (χ2v) is 11.1. The molecule has 0 unspecified atom stereocenters. The molecule has 6 heteroatoms. The van der Waals surface area contributed by atoms with Crippen LogP contribution < -0.4 is 15.0 Å². The number of carbonyl (C=O) groups excluding carboxylic acids is 1. The first-order chi connectivity index (χ1) is 17.5.